The Hall–Kier alpha value is -3.72. The van der Waals surface area contributed by atoms with Crippen molar-refractivity contribution in [3.05, 3.63) is 59.2 Å². The van der Waals surface area contributed by atoms with Crippen molar-refractivity contribution in [3.63, 3.8) is 0 Å². The molecule has 8 nitrogen and oxygen atoms in total. The van der Waals surface area contributed by atoms with Crippen molar-refractivity contribution in [2.24, 2.45) is 0 Å². The molecule has 9 heteroatoms. The van der Waals surface area contributed by atoms with Gasteiger partial charge < -0.3 is 14.2 Å². The summed E-state index contributed by atoms with van der Waals surface area (Å²) in [6, 6.07) is 12.0. The van der Waals surface area contributed by atoms with Gasteiger partial charge in [-0.3, -0.25) is 19.8 Å². The van der Waals surface area contributed by atoms with Crippen molar-refractivity contribution >= 4 is 46.9 Å². The fourth-order valence-electron chi connectivity index (χ4n) is 2.84. The Morgan fingerprint density at radius 1 is 1.10 bits per heavy atom. The topological polar surface area (TPSA) is 94.2 Å². The van der Waals surface area contributed by atoms with Crippen LogP contribution < -0.4 is 19.7 Å². The number of nitrogens with zero attached hydrogens (tertiary/aromatic N) is 1. The maximum absolute atomic E-state index is 13.1. The number of ether oxygens (including phenoxy) is 3. The number of nitrogens with one attached hydrogen (secondary N) is 1. The van der Waals surface area contributed by atoms with E-state index in [1.807, 2.05) is 19.1 Å². The molecule has 2 aromatic carbocycles. The van der Waals surface area contributed by atoms with Gasteiger partial charge in [0.15, 0.2) is 23.2 Å². The predicted molar refractivity (Wildman–Crippen MR) is 118 cm³/mol. The van der Waals surface area contributed by atoms with Crippen molar-refractivity contribution in [1.29, 1.82) is 0 Å². The third-order valence-electron chi connectivity index (χ3n) is 4.47. The van der Waals surface area contributed by atoms with Crippen LogP contribution in [-0.4, -0.2) is 43.7 Å². The molecule has 1 aliphatic rings. The van der Waals surface area contributed by atoms with E-state index in [4.69, 9.17) is 21.7 Å². The molecule has 0 aliphatic carbocycles. The van der Waals surface area contributed by atoms with E-state index in [2.05, 4.69) is 10.1 Å². The van der Waals surface area contributed by atoms with Crippen LogP contribution in [0.25, 0.3) is 6.08 Å². The summed E-state index contributed by atoms with van der Waals surface area (Å²) in [6.07, 6.45) is 1.44. The smallest absolute Gasteiger partial charge is 0.343 e. The Morgan fingerprint density at radius 2 is 1.81 bits per heavy atom. The molecular formula is C22H20N2O6S. The van der Waals surface area contributed by atoms with Crippen molar-refractivity contribution < 1.29 is 28.6 Å². The zero-order chi connectivity index (χ0) is 22.5. The Morgan fingerprint density at radius 3 is 2.45 bits per heavy atom. The van der Waals surface area contributed by atoms with Gasteiger partial charge in [-0.05, 0) is 55.0 Å². The fraction of sp³-hybridized carbons (Fsp3) is 0.182. The van der Waals surface area contributed by atoms with Crippen molar-refractivity contribution in [3.8, 4) is 11.5 Å². The van der Waals surface area contributed by atoms with E-state index in [1.54, 1.807) is 30.3 Å². The molecule has 2 aromatic rings. The molecule has 31 heavy (non-hydrogen) atoms. The molecule has 0 aromatic heterocycles. The molecule has 1 heterocycles. The second-order valence-corrected chi connectivity index (χ2v) is 6.96. The van der Waals surface area contributed by atoms with Crippen LogP contribution in [0.4, 0.5) is 5.69 Å². The average molecular weight is 440 g/mol. The monoisotopic (exact) mass is 440 g/mol. The van der Waals surface area contributed by atoms with Crippen LogP contribution >= 0.6 is 12.2 Å². The van der Waals surface area contributed by atoms with E-state index in [-0.39, 0.29) is 17.3 Å². The van der Waals surface area contributed by atoms with Crippen LogP contribution in [0.15, 0.2) is 48.0 Å². The SMILES string of the molecule is COC(=O)COc1ccc(/C=C2\C(=O)NC(=S)N(c3ccc(C)cc3)C2=O)cc1OC. The number of methoxy groups -OCH3 is 2. The molecule has 2 amide bonds. The third kappa shape index (κ3) is 4.89. The minimum Gasteiger partial charge on any atom is -0.493 e. The lowest BCUT2D eigenvalue weighted by Gasteiger charge is -2.29. The number of carbonyl (C=O) groups is 3. The third-order valence-corrected chi connectivity index (χ3v) is 4.75. The van der Waals surface area contributed by atoms with Crippen LogP contribution in [0, 0.1) is 6.92 Å². The number of benzene rings is 2. The van der Waals surface area contributed by atoms with Crippen LogP contribution in [-0.2, 0) is 19.1 Å². The zero-order valence-corrected chi connectivity index (χ0v) is 17.9. The van der Waals surface area contributed by atoms with Gasteiger partial charge in [-0.1, -0.05) is 23.8 Å². The summed E-state index contributed by atoms with van der Waals surface area (Å²) in [5.41, 5.74) is 2.02. The number of amides is 2. The number of esters is 1. The first-order valence-corrected chi connectivity index (χ1v) is 9.60. The van der Waals surface area contributed by atoms with E-state index in [1.165, 1.54) is 25.2 Å². The normalized spacial score (nSPS) is 15.0. The summed E-state index contributed by atoms with van der Waals surface area (Å²) in [5, 5.41) is 2.56. The fourth-order valence-corrected chi connectivity index (χ4v) is 3.12. The largest absolute Gasteiger partial charge is 0.493 e. The number of rotatable bonds is 6. The van der Waals surface area contributed by atoms with Gasteiger partial charge in [-0.2, -0.15) is 0 Å². The van der Waals surface area contributed by atoms with Gasteiger partial charge in [0, 0.05) is 0 Å². The highest BCUT2D eigenvalue weighted by molar-refractivity contribution is 7.80. The second kappa shape index (κ2) is 9.40. The Bertz CT molecular complexity index is 1080. The van der Waals surface area contributed by atoms with Gasteiger partial charge in [-0.25, -0.2) is 4.79 Å². The number of hydrogen-bond donors (Lipinski definition) is 1. The van der Waals surface area contributed by atoms with Gasteiger partial charge in [0.25, 0.3) is 11.8 Å². The molecule has 0 atom stereocenters. The van der Waals surface area contributed by atoms with Gasteiger partial charge in [0.05, 0.1) is 19.9 Å². The number of thiocarbonyl (C=S) groups is 1. The standard InChI is InChI=1S/C22H20N2O6S/c1-13-4-7-15(8-5-13)24-21(27)16(20(26)23-22(24)31)10-14-6-9-17(18(11-14)28-2)30-12-19(25)29-3/h4-11H,12H2,1-3H3,(H,23,26,31)/b16-10+. The van der Waals surface area contributed by atoms with Crippen molar-refractivity contribution in [2.45, 2.75) is 6.92 Å². The molecule has 1 saturated heterocycles. The Labute approximate surface area is 184 Å². The first kappa shape index (κ1) is 22.0. The maximum Gasteiger partial charge on any atom is 0.343 e. The lowest BCUT2D eigenvalue weighted by atomic mass is 10.1. The highest BCUT2D eigenvalue weighted by Crippen LogP contribution is 2.30. The Balaban J connectivity index is 1.91. The predicted octanol–water partition coefficient (Wildman–Crippen LogP) is 2.39. The number of hydrogen-bond acceptors (Lipinski definition) is 7. The lowest BCUT2D eigenvalue weighted by Crippen LogP contribution is -2.54. The number of carbonyl (C=O) groups excluding carboxylic acids is 3. The molecule has 0 saturated carbocycles. The number of aryl methyl sites for hydroxylation is 1. The molecule has 0 spiro atoms. The van der Waals surface area contributed by atoms with Crippen LogP contribution in [0.3, 0.4) is 0 Å². The molecule has 0 radical (unpaired) electrons. The van der Waals surface area contributed by atoms with Gasteiger partial charge in [-0.15, -0.1) is 0 Å². The van der Waals surface area contributed by atoms with Gasteiger partial charge >= 0.3 is 5.97 Å². The minimum absolute atomic E-state index is 0.0140. The molecule has 0 bridgehead atoms. The average Bonchev–Trinajstić information content (AvgIpc) is 2.76. The van der Waals surface area contributed by atoms with E-state index >= 15 is 0 Å². The summed E-state index contributed by atoms with van der Waals surface area (Å²) < 4.78 is 15.2. The molecule has 1 aliphatic heterocycles. The maximum atomic E-state index is 13.1. The van der Waals surface area contributed by atoms with E-state index in [9.17, 15) is 14.4 Å². The van der Waals surface area contributed by atoms with Gasteiger partial charge in [0.1, 0.15) is 5.57 Å². The van der Waals surface area contributed by atoms with Gasteiger partial charge in [0.2, 0.25) is 0 Å². The summed E-state index contributed by atoms with van der Waals surface area (Å²) in [5.74, 6) is -1.03. The first-order chi connectivity index (χ1) is 14.8. The molecule has 1 fully saturated rings. The van der Waals surface area contributed by atoms with E-state index < -0.39 is 17.8 Å². The highest BCUT2D eigenvalue weighted by atomic mass is 32.1. The van der Waals surface area contributed by atoms with E-state index in [0.717, 1.165) is 5.56 Å². The van der Waals surface area contributed by atoms with Crippen molar-refractivity contribution in [2.75, 3.05) is 25.7 Å². The summed E-state index contributed by atoms with van der Waals surface area (Å²) in [4.78, 5) is 38.1. The summed E-state index contributed by atoms with van der Waals surface area (Å²) in [6.45, 7) is 1.65. The molecule has 1 N–H and O–H groups in total. The quantitative estimate of drug-likeness (QED) is 0.319. The number of anilines is 1. The molecule has 160 valence electrons. The summed E-state index contributed by atoms with van der Waals surface area (Å²) >= 11 is 5.20. The highest BCUT2D eigenvalue weighted by Gasteiger charge is 2.34. The first-order valence-electron chi connectivity index (χ1n) is 9.20. The zero-order valence-electron chi connectivity index (χ0n) is 17.1. The lowest BCUT2D eigenvalue weighted by molar-refractivity contribution is -0.143. The molecule has 3 rings (SSSR count). The summed E-state index contributed by atoms with van der Waals surface area (Å²) in [7, 11) is 2.70. The van der Waals surface area contributed by atoms with Crippen molar-refractivity contribution in [1.82, 2.24) is 5.32 Å². The molecule has 0 unspecified atom stereocenters. The second-order valence-electron chi connectivity index (χ2n) is 6.57. The van der Waals surface area contributed by atoms with Crippen LogP contribution in [0.5, 0.6) is 11.5 Å². The van der Waals surface area contributed by atoms with Crippen LogP contribution in [0.1, 0.15) is 11.1 Å². The Kier molecular flexibility index (Phi) is 6.66. The van der Waals surface area contributed by atoms with E-state index in [0.29, 0.717) is 22.7 Å². The molecular weight excluding hydrogens is 420 g/mol. The van der Waals surface area contributed by atoms with Crippen LogP contribution in [0.2, 0.25) is 0 Å². The minimum atomic E-state index is -0.594.